The van der Waals surface area contributed by atoms with Crippen LogP contribution < -0.4 is 66.3 Å². The number of nitrogens with zero attached hydrogens (tertiary/aromatic N) is 4. The van der Waals surface area contributed by atoms with Crippen LogP contribution in [-0.2, 0) is 64.0 Å². The average Bonchev–Trinajstić information content (AvgIpc) is 4.19. The zero-order valence-electron chi connectivity index (χ0n) is 45.0. The van der Waals surface area contributed by atoms with Crippen molar-refractivity contribution in [3.8, 4) is 5.75 Å². The zero-order valence-corrected chi connectivity index (χ0v) is 45.0. The van der Waals surface area contributed by atoms with E-state index in [9.17, 15) is 78.0 Å². The van der Waals surface area contributed by atoms with E-state index in [1.807, 2.05) is 0 Å². The number of nitrogens with one attached hydrogen (secondary N) is 6. The predicted octanol–water partition coefficient (Wildman–Crippen LogP) is -5.78. The summed E-state index contributed by atoms with van der Waals surface area (Å²) in [5.74, 6) is -14.2. The predicted molar refractivity (Wildman–Crippen MR) is 286 cm³/mol. The Morgan fingerprint density at radius 3 is 1.47 bits per heavy atom. The molecule has 0 spiro atoms. The quantitative estimate of drug-likeness (QED) is 0.0177. The van der Waals surface area contributed by atoms with Gasteiger partial charge < -0.3 is 96.5 Å². The Hall–Kier alpha value is -8.84. The number of carbonyl (C=O) groups excluding carboxylic acids is 9. The molecule has 0 saturated carbocycles. The number of likely N-dealkylation sites (tertiary alicyclic amines) is 2. The van der Waals surface area contributed by atoms with Crippen LogP contribution in [0.5, 0.6) is 5.75 Å². The van der Waals surface area contributed by atoms with Gasteiger partial charge in [0.05, 0.1) is 18.9 Å². The Bertz CT molecular complexity index is 2500. The molecule has 32 nitrogen and oxygen atoms in total. The maximum Gasteiger partial charge on any atom is 0.326 e. The van der Waals surface area contributed by atoms with Crippen LogP contribution in [0.1, 0.15) is 96.5 Å². The van der Waals surface area contributed by atoms with Crippen molar-refractivity contribution in [2.45, 2.75) is 152 Å². The van der Waals surface area contributed by atoms with Gasteiger partial charge in [0.1, 0.15) is 54.1 Å². The summed E-state index contributed by atoms with van der Waals surface area (Å²) < 4.78 is 0. The molecule has 448 valence electrons. The van der Waals surface area contributed by atoms with E-state index in [1.54, 1.807) is 13.8 Å². The maximum atomic E-state index is 14.4. The lowest BCUT2D eigenvalue weighted by Gasteiger charge is -2.32. The van der Waals surface area contributed by atoms with Crippen LogP contribution in [0.25, 0.3) is 0 Å². The van der Waals surface area contributed by atoms with Gasteiger partial charge in [-0.1, -0.05) is 26.0 Å². The Kier molecular flexibility index (Phi) is 26.5. The summed E-state index contributed by atoms with van der Waals surface area (Å²) in [4.78, 5) is 169. The van der Waals surface area contributed by atoms with Crippen molar-refractivity contribution in [3.05, 3.63) is 29.8 Å². The van der Waals surface area contributed by atoms with E-state index in [0.717, 1.165) is 4.90 Å². The molecule has 22 N–H and O–H groups in total. The number of carboxylic acid groups (broad SMARTS) is 3. The van der Waals surface area contributed by atoms with Gasteiger partial charge in [0.15, 0.2) is 11.9 Å². The van der Waals surface area contributed by atoms with Crippen LogP contribution in [0.4, 0.5) is 0 Å². The molecule has 1 aromatic rings. The molecule has 9 amide bonds. The van der Waals surface area contributed by atoms with E-state index in [-0.39, 0.29) is 102 Å². The Labute approximate surface area is 465 Å². The third-order valence-electron chi connectivity index (χ3n) is 13.1. The van der Waals surface area contributed by atoms with Crippen LogP contribution >= 0.6 is 0 Å². The Morgan fingerprint density at radius 2 is 1.01 bits per heavy atom. The summed E-state index contributed by atoms with van der Waals surface area (Å²) >= 11 is 0. The standard InChI is InChI=1S/C49H76N16O16/c1-24(2)38(44(77)59-29(15-16-35(51)67)46(79)64-19-5-9-33(64)42(75)62-32(23-37(70)71)41(74)60-30(47(80)81)8-4-18-57-49(54)55)63-43(76)34-10-6-20-65(34)45(78)28(7-3-17-56-48(52)53)58-40(73)31(22-36(68)69)61-39(72)27(50)21-25-11-13-26(66)14-12-25/h11-14,24,27-34,38,66H,3-10,15-23,50H2,1-2H3,(H2,51,67)(H,58,73)(H,59,77)(H,60,74)(H,61,72)(H,62,75)(H,63,76)(H,68,69)(H,70,71)(H,80,81)(H4,52,53,56)(H4,54,55,57)/t27-,28-,29-,30-,31-,32-,33-,34-,38-/m0/s1. The maximum absolute atomic E-state index is 14.4. The molecule has 2 saturated heterocycles. The second-order valence-electron chi connectivity index (χ2n) is 19.8. The molecule has 0 radical (unpaired) electrons. The molecule has 9 atom stereocenters. The van der Waals surface area contributed by atoms with E-state index in [4.69, 9.17) is 34.4 Å². The molecule has 32 heteroatoms. The van der Waals surface area contributed by atoms with E-state index in [2.05, 4.69) is 41.9 Å². The number of phenols is 1. The summed E-state index contributed by atoms with van der Waals surface area (Å²) in [5, 5.41) is 53.1. The van der Waals surface area contributed by atoms with Crippen molar-refractivity contribution in [1.29, 1.82) is 0 Å². The molecule has 0 aromatic heterocycles. The molecule has 2 aliphatic heterocycles. The lowest BCUT2D eigenvalue weighted by Crippen LogP contribution is -2.61. The Balaban J connectivity index is 1.82. The normalized spacial score (nSPS) is 17.3. The number of aromatic hydroxyl groups is 1. The minimum absolute atomic E-state index is 0.00267. The van der Waals surface area contributed by atoms with Crippen LogP contribution in [0.3, 0.4) is 0 Å². The zero-order chi connectivity index (χ0) is 60.7. The summed E-state index contributed by atoms with van der Waals surface area (Å²) in [7, 11) is 0. The highest BCUT2D eigenvalue weighted by Gasteiger charge is 2.43. The van der Waals surface area contributed by atoms with Gasteiger partial charge in [-0.2, -0.15) is 0 Å². The number of amides is 9. The van der Waals surface area contributed by atoms with Gasteiger partial charge in [-0.15, -0.1) is 0 Å². The van der Waals surface area contributed by atoms with Gasteiger partial charge in [-0.05, 0) is 87.8 Å². The molecular formula is C49H76N16O16. The fraction of sp³-hybridized carbons (Fsp3) is 0.592. The fourth-order valence-corrected chi connectivity index (χ4v) is 8.96. The van der Waals surface area contributed by atoms with Crippen molar-refractivity contribution in [3.63, 3.8) is 0 Å². The number of aliphatic imine (C=N–C) groups is 2. The number of aliphatic carboxylic acids is 3. The van der Waals surface area contributed by atoms with Crippen molar-refractivity contribution in [2.24, 2.45) is 50.3 Å². The molecule has 0 aliphatic carbocycles. The second kappa shape index (κ2) is 32.3. The van der Waals surface area contributed by atoms with Crippen molar-refractivity contribution in [1.82, 2.24) is 41.7 Å². The average molecular weight is 1150 g/mol. The molecular weight excluding hydrogens is 1070 g/mol. The number of guanidine groups is 2. The lowest BCUT2D eigenvalue weighted by atomic mass is 10.0. The van der Waals surface area contributed by atoms with Crippen LogP contribution in [0, 0.1) is 5.92 Å². The molecule has 81 heavy (non-hydrogen) atoms. The number of hydrogen-bond donors (Lipinski definition) is 16. The molecule has 2 aliphatic rings. The van der Waals surface area contributed by atoms with Gasteiger partial charge in [0, 0.05) is 32.6 Å². The lowest BCUT2D eigenvalue weighted by molar-refractivity contribution is -0.145. The first-order chi connectivity index (χ1) is 38.1. The topological polar surface area (TPSA) is 545 Å². The van der Waals surface area contributed by atoms with Gasteiger partial charge >= 0.3 is 17.9 Å². The molecule has 0 unspecified atom stereocenters. The highest BCUT2D eigenvalue weighted by Crippen LogP contribution is 2.23. The van der Waals surface area contributed by atoms with Crippen LogP contribution in [-0.4, -0.2) is 194 Å². The Morgan fingerprint density at radius 1 is 0.580 bits per heavy atom. The number of benzene rings is 1. The summed E-state index contributed by atoms with van der Waals surface area (Å²) in [6, 6.07) is -7.58. The molecule has 2 heterocycles. The van der Waals surface area contributed by atoms with Gasteiger partial charge in [-0.3, -0.25) is 62.7 Å². The monoisotopic (exact) mass is 1140 g/mol. The summed E-state index contributed by atoms with van der Waals surface area (Å²) in [5.41, 5.74) is 33.6. The van der Waals surface area contributed by atoms with Crippen LogP contribution in [0.2, 0.25) is 0 Å². The van der Waals surface area contributed by atoms with Crippen molar-refractivity contribution in [2.75, 3.05) is 26.2 Å². The number of carbonyl (C=O) groups is 12. The summed E-state index contributed by atoms with van der Waals surface area (Å²) in [6.45, 7) is 3.03. The molecule has 3 rings (SSSR count). The molecule has 2 fully saturated rings. The first-order valence-electron chi connectivity index (χ1n) is 26.1. The summed E-state index contributed by atoms with van der Waals surface area (Å²) in [6.07, 6.45) is -2.38. The number of primary amides is 1. The minimum Gasteiger partial charge on any atom is -0.508 e. The minimum atomic E-state index is -1.82. The van der Waals surface area contributed by atoms with Gasteiger partial charge in [0.2, 0.25) is 53.2 Å². The largest absolute Gasteiger partial charge is 0.508 e. The highest BCUT2D eigenvalue weighted by molar-refractivity contribution is 5.99. The highest BCUT2D eigenvalue weighted by atomic mass is 16.4. The van der Waals surface area contributed by atoms with E-state index >= 15 is 0 Å². The molecule has 0 bridgehead atoms. The number of nitrogens with two attached hydrogens (primary N) is 6. The van der Waals surface area contributed by atoms with E-state index in [1.165, 1.54) is 29.2 Å². The first-order valence-corrected chi connectivity index (χ1v) is 26.1. The second-order valence-corrected chi connectivity index (χ2v) is 19.8. The third kappa shape index (κ3) is 22.1. The molecule has 1 aromatic carbocycles. The van der Waals surface area contributed by atoms with E-state index < -0.39 is 157 Å². The van der Waals surface area contributed by atoms with Gasteiger partial charge in [-0.25, -0.2) is 4.79 Å². The van der Waals surface area contributed by atoms with Crippen molar-refractivity contribution >= 4 is 83.0 Å². The number of hydrogen-bond acceptors (Lipinski definition) is 16. The van der Waals surface area contributed by atoms with Crippen molar-refractivity contribution < 1.29 is 78.0 Å². The van der Waals surface area contributed by atoms with Gasteiger partial charge in [0.25, 0.3) is 0 Å². The van der Waals surface area contributed by atoms with Crippen LogP contribution in [0.15, 0.2) is 34.3 Å². The fourth-order valence-electron chi connectivity index (χ4n) is 8.96. The number of rotatable bonds is 33. The number of phenolic OH excluding ortho intramolecular Hbond substituents is 1. The van der Waals surface area contributed by atoms with E-state index in [0.29, 0.717) is 5.56 Å². The third-order valence-corrected chi connectivity index (χ3v) is 13.1. The first kappa shape index (κ1) is 66.4. The SMILES string of the molecule is CC(C)[C@H](NC(=O)[C@@H]1CCCN1C(=O)[C@H](CCCN=C(N)N)NC(=O)[C@H](CC(=O)O)NC(=O)[C@@H](N)Cc1ccc(O)cc1)C(=O)N[C@@H](CCC(N)=O)C(=O)N1CCC[C@H]1C(=O)N[C@@H](CC(=O)O)C(=O)N[C@@H](CCCN=C(N)N)C(=O)O. The number of carboxylic acids is 3. The smallest absolute Gasteiger partial charge is 0.326 e.